The van der Waals surface area contributed by atoms with E-state index in [0.717, 1.165) is 47.9 Å². The number of pyridine rings is 1. The third-order valence-electron chi connectivity index (χ3n) is 9.11. The van der Waals surface area contributed by atoms with Crippen molar-refractivity contribution in [1.29, 1.82) is 0 Å². The minimum absolute atomic E-state index is 0.0360. The number of methoxy groups -OCH3 is 1. The number of ether oxygens (including phenoxy) is 3. The lowest BCUT2D eigenvalue weighted by molar-refractivity contribution is -0.665. The molecule has 57 heavy (non-hydrogen) atoms. The highest BCUT2D eigenvalue weighted by molar-refractivity contribution is 8.00. The fraction of sp³-hybridized carbons (Fsp3) is 0.432. The second kappa shape index (κ2) is 16.9. The first-order valence-electron chi connectivity index (χ1n) is 18.3. The lowest BCUT2D eigenvalue weighted by atomic mass is 10.0. The number of imidazole rings is 1. The van der Waals surface area contributed by atoms with E-state index in [-0.39, 0.29) is 42.1 Å². The maximum Gasteiger partial charge on any atom is 0.414 e. The van der Waals surface area contributed by atoms with Crippen molar-refractivity contribution in [3.8, 4) is 5.75 Å². The number of nitrogens with zero attached hydrogens (tertiary/aromatic N) is 7. The summed E-state index contributed by atoms with van der Waals surface area (Å²) in [7, 11) is 1.57. The van der Waals surface area contributed by atoms with Gasteiger partial charge >= 0.3 is 17.7 Å². The molecule has 20 heteroatoms. The number of carbonyl (C=O) groups excluding carboxylic acids is 4. The summed E-state index contributed by atoms with van der Waals surface area (Å²) in [5.41, 5.74) is 2.20. The van der Waals surface area contributed by atoms with E-state index in [4.69, 9.17) is 19.0 Å². The van der Waals surface area contributed by atoms with Crippen LogP contribution < -0.4 is 25.3 Å². The fourth-order valence-corrected chi connectivity index (χ4v) is 8.25. The van der Waals surface area contributed by atoms with Gasteiger partial charge in [0.1, 0.15) is 47.9 Å². The van der Waals surface area contributed by atoms with E-state index in [2.05, 4.69) is 40.0 Å². The molecule has 0 saturated carbocycles. The van der Waals surface area contributed by atoms with Crippen molar-refractivity contribution in [3.63, 3.8) is 0 Å². The molecule has 3 N–H and O–H groups in total. The minimum Gasteiger partial charge on any atom is -0.497 e. The summed E-state index contributed by atoms with van der Waals surface area (Å²) in [6.45, 7) is 9.92. The Morgan fingerprint density at radius 2 is 1.93 bits per heavy atom. The van der Waals surface area contributed by atoms with E-state index in [1.165, 1.54) is 16.7 Å². The third-order valence-corrected chi connectivity index (χ3v) is 11.1. The van der Waals surface area contributed by atoms with Crippen molar-refractivity contribution in [1.82, 2.24) is 34.4 Å². The van der Waals surface area contributed by atoms with Gasteiger partial charge in [0.15, 0.2) is 11.8 Å². The molecule has 0 spiro atoms. The zero-order chi connectivity index (χ0) is 40.3. The molecule has 2 fully saturated rings. The molecule has 2 atom stereocenters. The maximum absolute atomic E-state index is 14.1. The summed E-state index contributed by atoms with van der Waals surface area (Å²) in [5.74, 6) is -0.560. The van der Waals surface area contributed by atoms with Crippen LogP contribution >= 0.6 is 23.3 Å². The number of fused-ring (bicyclic) bond motifs is 2. The van der Waals surface area contributed by atoms with E-state index in [1.54, 1.807) is 65.3 Å². The van der Waals surface area contributed by atoms with Crippen LogP contribution in [0.4, 0.5) is 9.93 Å². The van der Waals surface area contributed by atoms with E-state index in [0.29, 0.717) is 23.0 Å². The Bertz CT molecular complexity index is 2230. The Hall–Kier alpha value is -5.60. The molecule has 3 aromatic heterocycles. The van der Waals surface area contributed by atoms with Gasteiger partial charge < -0.3 is 29.7 Å². The third kappa shape index (κ3) is 8.87. The summed E-state index contributed by atoms with van der Waals surface area (Å²) >= 11 is 2.23. The lowest BCUT2D eigenvalue weighted by Gasteiger charge is -2.49. The van der Waals surface area contributed by atoms with Crippen LogP contribution in [0.15, 0.2) is 65.3 Å². The van der Waals surface area contributed by atoms with Gasteiger partial charge in [0.05, 0.1) is 20.2 Å². The molecule has 2 unspecified atom stereocenters. The summed E-state index contributed by atoms with van der Waals surface area (Å²) in [5, 5.41) is 11.9. The van der Waals surface area contributed by atoms with Crippen LogP contribution in [0.3, 0.4) is 0 Å². The number of hydrogen-bond donors (Lipinski definition) is 3. The van der Waals surface area contributed by atoms with Crippen LogP contribution in [0, 0.1) is 5.92 Å². The first-order valence-corrected chi connectivity index (χ1v) is 20.1. The second-order valence-electron chi connectivity index (χ2n) is 14.4. The van der Waals surface area contributed by atoms with Gasteiger partial charge in [-0.05, 0) is 57.5 Å². The summed E-state index contributed by atoms with van der Waals surface area (Å²) in [4.78, 5) is 69.6. The fourth-order valence-electron chi connectivity index (χ4n) is 6.36. The predicted molar refractivity (Wildman–Crippen MR) is 209 cm³/mol. The number of β-lactam (4-membered cyclic amide) rings is 1. The number of rotatable bonds is 14. The Morgan fingerprint density at radius 1 is 1.14 bits per heavy atom. The van der Waals surface area contributed by atoms with Crippen molar-refractivity contribution >= 4 is 69.2 Å². The number of carbonyl (C=O) groups is 4. The van der Waals surface area contributed by atoms with E-state index in [1.807, 2.05) is 23.0 Å². The van der Waals surface area contributed by atoms with E-state index in [9.17, 15) is 19.2 Å². The van der Waals surface area contributed by atoms with Crippen LogP contribution in [-0.2, 0) is 48.4 Å². The average Bonchev–Trinajstić information content (AvgIpc) is 3.77. The number of thioether (sulfide) groups is 1. The van der Waals surface area contributed by atoms with Gasteiger partial charge in [0.2, 0.25) is 16.7 Å². The molecule has 4 aromatic rings. The Balaban J connectivity index is 1.13. The molecule has 7 rings (SSSR count). The van der Waals surface area contributed by atoms with E-state index >= 15 is 0 Å². The highest BCUT2D eigenvalue weighted by Gasteiger charge is 2.55. The molecule has 3 aliphatic rings. The molecule has 0 radical (unpaired) electrons. The standard InChI is InChI=1S/C37H42N10O8S2/c1-6-54-43-26(29-41-35(57-44-29)42-36(51)55-37(2,3)4)31(48)40-27-32(49)47-28(34(50)53-18-21-9-11-24(52-5)12-10-21)23(19-56-33(27)47)17-46-20-45(16-22-14-38-15-22)25-8-7-13-39-30(25)46/h7-13,20,22,27,33,38H,6,14-19H2,1-5H3,(H-,40,41,42,44,48,51)/p+1/b43-26-. The average molecular weight is 820 g/mol. The Labute approximate surface area is 336 Å². The molecule has 18 nitrogen and oxygen atoms in total. The van der Waals surface area contributed by atoms with Crippen molar-refractivity contribution in [2.45, 2.75) is 64.4 Å². The molecular formula is C37H43N10O8S2+. The Kier molecular flexibility index (Phi) is 11.7. The van der Waals surface area contributed by atoms with Crippen LogP contribution in [-0.4, -0.2) is 103 Å². The van der Waals surface area contributed by atoms with Crippen molar-refractivity contribution < 1.29 is 42.8 Å². The predicted octanol–water partition coefficient (Wildman–Crippen LogP) is 2.59. The topological polar surface area (TPSA) is 204 Å². The van der Waals surface area contributed by atoms with Crippen LogP contribution in [0.25, 0.3) is 11.2 Å². The van der Waals surface area contributed by atoms with Crippen molar-refractivity contribution in [2.75, 3.05) is 37.9 Å². The molecule has 3 aliphatic heterocycles. The normalized spacial score (nSPS) is 18.4. The molecular weight excluding hydrogens is 777 g/mol. The number of nitrogens with one attached hydrogen (secondary N) is 3. The van der Waals surface area contributed by atoms with Crippen LogP contribution in [0.2, 0.25) is 0 Å². The van der Waals surface area contributed by atoms with Gasteiger partial charge in [-0.2, -0.15) is 9.36 Å². The Morgan fingerprint density at radius 3 is 2.63 bits per heavy atom. The molecule has 6 heterocycles. The van der Waals surface area contributed by atoms with Gasteiger partial charge in [-0.15, -0.1) is 16.7 Å². The van der Waals surface area contributed by atoms with Gasteiger partial charge in [0, 0.05) is 41.9 Å². The SMILES string of the molecule is CCO/N=C(\C(=O)NC1C(=O)N2C(C(=O)OCc3ccc(OC)cc3)=C(C[n+]3cn(CC4CNC4)c4cccnc43)CSC12)c1nsc(NC(=O)OC(C)(C)C)n1. The minimum atomic E-state index is -1.02. The number of esters is 1. The number of amides is 3. The summed E-state index contributed by atoms with van der Waals surface area (Å²) in [6.07, 6.45) is 2.98. The monoisotopic (exact) mass is 819 g/mol. The largest absolute Gasteiger partial charge is 0.497 e. The van der Waals surface area contributed by atoms with E-state index < -0.39 is 40.9 Å². The second-order valence-corrected chi connectivity index (χ2v) is 16.3. The molecule has 3 amide bonds. The first-order chi connectivity index (χ1) is 27.4. The van der Waals surface area contributed by atoms with Gasteiger partial charge in [-0.25, -0.2) is 14.2 Å². The quantitative estimate of drug-likeness (QED) is 0.0551. The van der Waals surface area contributed by atoms with Gasteiger partial charge in [-0.3, -0.25) is 24.4 Å². The van der Waals surface area contributed by atoms with Crippen LogP contribution in [0.5, 0.6) is 5.75 Å². The lowest BCUT2D eigenvalue weighted by Crippen LogP contribution is -2.71. The molecule has 2 saturated heterocycles. The number of aromatic nitrogens is 5. The van der Waals surface area contributed by atoms with Crippen molar-refractivity contribution in [3.05, 3.63) is 71.6 Å². The van der Waals surface area contributed by atoms with Gasteiger partial charge in [-0.1, -0.05) is 17.3 Å². The van der Waals surface area contributed by atoms with Gasteiger partial charge in [0.25, 0.3) is 11.8 Å². The number of oxime groups is 1. The zero-order valence-corrected chi connectivity index (χ0v) is 33.6. The molecule has 300 valence electrons. The molecule has 1 aromatic carbocycles. The molecule has 0 aliphatic carbocycles. The highest BCUT2D eigenvalue weighted by Crippen LogP contribution is 2.41. The number of benzene rings is 1. The highest BCUT2D eigenvalue weighted by atomic mass is 32.2. The zero-order valence-electron chi connectivity index (χ0n) is 32.0. The smallest absolute Gasteiger partial charge is 0.414 e. The molecule has 0 bridgehead atoms. The first kappa shape index (κ1) is 39.6. The summed E-state index contributed by atoms with van der Waals surface area (Å²) < 4.78 is 24.7. The number of anilines is 1. The summed E-state index contributed by atoms with van der Waals surface area (Å²) in [6, 6.07) is 10.0. The van der Waals surface area contributed by atoms with Crippen LogP contribution in [0.1, 0.15) is 39.1 Å². The maximum atomic E-state index is 14.1. The van der Waals surface area contributed by atoms with Crippen molar-refractivity contribution in [2.24, 2.45) is 11.1 Å². The number of hydrogen-bond acceptors (Lipinski definition) is 15.